The Morgan fingerprint density at radius 1 is 1.77 bits per heavy atom. The van der Waals surface area contributed by atoms with E-state index in [2.05, 4.69) is 15.6 Å². The Morgan fingerprint density at radius 2 is 2.54 bits per heavy atom. The monoisotopic (exact) mass is 184 g/mol. The summed E-state index contributed by atoms with van der Waals surface area (Å²) in [6.45, 7) is 0.970. The normalized spacial score (nSPS) is 10.0. The zero-order valence-corrected chi connectivity index (χ0v) is 7.65. The second kappa shape index (κ2) is 4.56. The van der Waals surface area contributed by atoms with Crippen molar-refractivity contribution in [1.29, 1.82) is 0 Å². The Morgan fingerprint density at radius 3 is 3.08 bits per heavy atom. The number of amides is 1. The number of hydrogen-bond acceptors (Lipinski definition) is 4. The van der Waals surface area contributed by atoms with Gasteiger partial charge in [-0.05, 0) is 0 Å². The van der Waals surface area contributed by atoms with Crippen molar-refractivity contribution in [3.8, 4) is 0 Å². The SMILES string of the molecule is COCCNC(=O)c1cn(C)nn1. The van der Waals surface area contributed by atoms with E-state index >= 15 is 0 Å². The minimum absolute atomic E-state index is 0.231. The Balaban J connectivity index is 2.40. The molecule has 0 saturated heterocycles. The van der Waals surface area contributed by atoms with Gasteiger partial charge in [0.05, 0.1) is 12.8 Å². The van der Waals surface area contributed by atoms with Crippen LogP contribution >= 0.6 is 0 Å². The molecule has 0 spiro atoms. The summed E-state index contributed by atoms with van der Waals surface area (Å²) in [6, 6.07) is 0. The van der Waals surface area contributed by atoms with Gasteiger partial charge in [0.2, 0.25) is 0 Å². The van der Waals surface area contributed by atoms with E-state index in [4.69, 9.17) is 4.74 Å². The highest BCUT2D eigenvalue weighted by molar-refractivity contribution is 5.91. The standard InChI is InChI=1S/C7H12N4O2/c1-11-5-6(9-10-11)7(12)8-3-4-13-2/h5H,3-4H2,1-2H3,(H,8,12). The van der Waals surface area contributed by atoms with Crippen molar-refractivity contribution in [2.45, 2.75) is 0 Å². The number of carbonyl (C=O) groups excluding carboxylic acids is 1. The first kappa shape index (κ1) is 9.66. The number of carbonyl (C=O) groups is 1. The third kappa shape index (κ3) is 2.83. The van der Waals surface area contributed by atoms with E-state index in [9.17, 15) is 4.79 Å². The average molecular weight is 184 g/mol. The first-order chi connectivity index (χ1) is 6.24. The number of nitrogens with zero attached hydrogens (tertiary/aromatic N) is 3. The third-order valence-corrected chi connectivity index (χ3v) is 1.43. The van der Waals surface area contributed by atoms with Crippen LogP contribution in [-0.2, 0) is 11.8 Å². The van der Waals surface area contributed by atoms with Gasteiger partial charge in [0, 0.05) is 20.7 Å². The van der Waals surface area contributed by atoms with Gasteiger partial charge in [-0.25, -0.2) is 0 Å². The van der Waals surface area contributed by atoms with Crippen molar-refractivity contribution in [2.75, 3.05) is 20.3 Å². The lowest BCUT2D eigenvalue weighted by Crippen LogP contribution is -2.27. The second-order valence-electron chi connectivity index (χ2n) is 2.53. The van der Waals surface area contributed by atoms with Crippen molar-refractivity contribution in [1.82, 2.24) is 20.3 Å². The molecular formula is C7H12N4O2. The summed E-state index contributed by atoms with van der Waals surface area (Å²) in [5.41, 5.74) is 0.318. The van der Waals surface area contributed by atoms with Crippen LogP contribution in [0, 0.1) is 0 Å². The number of rotatable bonds is 4. The average Bonchev–Trinajstić information content (AvgIpc) is 2.52. The summed E-state index contributed by atoms with van der Waals surface area (Å²) in [5.74, 6) is -0.231. The summed E-state index contributed by atoms with van der Waals surface area (Å²) in [4.78, 5) is 11.3. The molecule has 0 saturated carbocycles. The fraction of sp³-hybridized carbons (Fsp3) is 0.571. The minimum Gasteiger partial charge on any atom is -0.383 e. The second-order valence-corrected chi connectivity index (χ2v) is 2.53. The fourth-order valence-electron chi connectivity index (χ4n) is 0.809. The van der Waals surface area contributed by atoms with E-state index in [0.717, 1.165) is 0 Å². The number of methoxy groups -OCH3 is 1. The Labute approximate surface area is 75.9 Å². The van der Waals surface area contributed by atoms with Gasteiger partial charge in [-0.15, -0.1) is 5.10 Å². The van der Waals surface area contributed by atoms with E-state index in [0.29, 0.717) is 18.8 Å². The number of hydrogen-bond donors (Lipinski definition) is 1. The van der Waals surface area contributed by atoms with Crippen LogP contribution in [0.25, 0.3) is 0 Å². The van der Waals surface area contributed by atoms with Crippen LogP contribution in [0.15, 0.2) is 6.20 Å². The van der Waals surface area contributed by atoms with Crippen molar-refractivity contribution in [3.63, 3.8) is 0 Å². The van der Waals surface area contributed by atoms with E-state index in [1.807, 2.05) is 0 Å². The van der Waals surface area contributed by atoms with E-state index in [-0.39, 0.29) is 5.91 Å². The molecule has 0 aliphatic heterocycles. The molecule has 0 atom stereocenters. The van der Waals surface area contributed by atoms with Crippen molar-refractivity contribution in [3.05, 3.63) is 11.9 Å². The molecule has 0 aliphatic carbocycles. The topological polar surface area (TPSA) is 69.0 Å². The lowest BCUT2D eigenvalue weighted by molar-refractivity contribution is 0.0932. The van der Waals surface area contributed by atoms with Gasteiger partial charge in [-0.1, -0.05) is 5.21 Å². The van der Waals surface area contributed by atoms with Crippen LogP contribution in [0.1, 0.15) is 10.5 Å². The van der Waals surface area contributed by atoms with Gasteiger partial charge in [0.25, 0.3) is 5.91 Å². The first-order valence-electron chi connectivity index (χ1n) is 3.87. The first-order valence-corrected chi connectivity index (χ1v) is 3.87. The highest BCUT2D eigenvalue weighted by Gasteiger charge is 2.07. The van der Waals surface area contributed by atoms with Gasteiger partial charge < -0.3 is 10.1 Å². The maximum absolute atomic E-state index is 11.3. The van der Waals surface area contributed by atoms with Gasteiger partial charge in [-0.2, -0.15) is 0 Å². The number of aromatic nitrogens is 3. The molecule has 6 nitrogen and oxygen atoms in total. The van der Waals surface area contributed by atoms with E-state index < -0.39 is 0 Å². The molecule has 0 aromatic carbocycles. The molecule has 1 N–H and O–H groups in total. The maximum Gasteiger partial charge on any atom is 0.273 e. The van der Waals surface area contributed by atoms with Crippen LogP contribution in [0.4, 0.5) is 0 Å². The largest absolute Gasteiger partial charge is 0.383 e. The van der Waals surface area contributed by atoms with Crippen molar-refractivity contribution in [2.24, 2.45) is 7.05 Å². The summed E-state index contributed by atoms with van der Waals surface area (Å²) < 4.78 is 6.25. The zero-order valence-electron chi connectivity index (χ0n) is 7.65. The maximum atomic E-state index is 11.3. The fourth-order valence-corrected chi connectivity index (χ4v) is 0.809. The predicted molar refractivity (Wildman–Crippen MR) is 45.2 cm³/mol. The van der Waals surface area contributed by atoms with Crippen LogP contribution in [-0.4, -0.2) is 41.2 Å². The minimum atomic E-state index is -0.231. The molecule has 0 fully saturated rings. The van der Waals surface area contributed by atoms with Gasteiger partial charge in [0.1, 0.15) is 0 Å². The molecule has 72 valence electrons. The van der Waals surface area contributed by atoms with Crippen LogP contribution in [0.3, 0.4) is 0 Å². The lowest BCUT2D eigenvalue weighted by Gasteiger charge is -2.00. The molecule has 1 heterocycles. The van der Waals surface area contributed by atoms with Crippen molar-refractivity contribution >= 4 is 5.91 Å². The Hall–Kier alpha value is -1.43. The van der Waals surface area contributed by atoms with E-state index in [1.165, 1.54) is 4.68 Å². The van der Waals surface area contributed by atoms with Crippen LogP contribution in [0.2, 0.25) is 0 Å². The molecule has 0 aliphatic rings. The molecule has 1 aromatic rings. The molecule has 0 bridgehead atoms. The highest BCUT2D eigenvalue weighted by Crippen LogP contribution is 1.89. The molecule has 6 heteroatoms. The van der Waals surface area contributed by atoms with Crippen molar-refractivity contribution < 1.29 is 9.53 Å². The van der Waals surface area contributed by atoms with Gasteiger partial charge >= 0.3 is 0 Å². The van der Waals surface area contributed by atoms with Gasteiger partial charge in [-0.3, -0.25) is 9.48 Å². The molecule has 0 radical (unpaired) electrons. The zero-order chi connectivity index (χ0) is 9.68. The molecular weight excluding hydrogens is 172 g/mol. The molecule has 1 rings (SSSR count). The number of aryl methyl sites for hydroxylation is 1. The van der Waals surface area contributed by atoms with E-state index in [1.54, 1.807) is 20.4 Å². The van der Waals surface area contributed by atoms with Crippen LogP contribution in [0.5, 0.6) is 0 Å². The molecule has 1 aromatic heterocycles. The summed E-state index contributed by atoms with van der Waals surface area (Å²) in [6.07, 6.45) is 1.56. The quantitative estimate of drug-likeness (QED) is 0.621. The highest BCUT2D eigenvalue weighted by atomic mass is 16.5. The Bertz CT molecular complexity index is 284. The summed E-state index contributed by atoms with van der Waals surface area (Å²) >= 11 is 0. The molecule has 1 amide bonds. The smallest absolute Gasteiger partial charge is 0.273 e. The number of ether oxygens (including phenoxy) is 1. The molecule has 0 unspecified atom stereocenters. The number of nitrogens with one attached hydrogen (secondary N) is 1. The predicted octanol–water partition coefficient (Wildman–Crippen LogP) is -0.809. The lowest BCUT2D eigenvalue weighted by atomic mass is 10.4. The summed E-state index contributed by atoms with van der Waals surface area (Å²) in [7, 11) is 3.29. The summed E-state index contributed by atoms with van der Waals surface area (Å²) in [5, 5.41) is 9.93. The Kier molecular flexibility index (Phi) is 3.39. The van der Waals surface area contributed by atoms with Gasteiger partial charge in [0.15, 0.2) is 5.69 Å². The molecule has 13 heavy (non-hydrogen) atoms. The third-order valence-electron chi connectivity index (χ3n) is 1.43. The van der Waals surface area contributed by atoms with Crippen LogP contribution < -0.4 is 5.32 Å².